The van der Waals surface area contributed by atoms with Gasteiger partial charge in [0.15, 0.2) is 5.76 Å². The predicted octanol–water partition coefficient (Wildman–Crippen LogP) is 3.91. The van der Waals surface area contributed by atoms with E-state index in [0.29, 0.717) is 17.8 Å². The number of hydrogen-bond donors (Lipinski definition) is 3. The number of benzene rings is 2. The Balaban J connectivity index is 1.56. The molecule has 1 heterocycles. The van der Waals surface area contributed by atoms with Crippen LogP contribution in [0.5, 0.6) is 0 Å². The van der Waals surface area contributed by atoms with E-state index in [-0.39, 0.29) is 29.4 Å². The normalized spacial score (nSPS) is 11.6. The fraction of sp³-hybridized carbons (Fsp3) is 0.240. The van der Waals surface area contributed by atoms with Gasteiger partial charge >= 0.3 is 0 Å². The van der Waals surface area contributed by atoms with Crippen molar-refractivity contribution >= 4 is 23.4 Å². The van der Waals surface area contributed by atoms with Crippen molar-refractivity contribution in [2.24, 2.45) is 5.92 Å². The molecule has 3 amide bonds. The summed E-state index contributed by atoms with van der Waals surface area (Å²) in [6.07, 6.45) is 1.44. The minimum atomic E-state index is -0.658. The van der Waals surface area contributed by atoms with E-state index in [0.717, 1.165) is 11.1 Å². The second kappa shape index (κ2) is 10.4. The van der Waals surface area contributed by atoms with Crippen LogP contribution >= 0.6 is 0 Å². The fourth-order valence-electron chi connectivity index (χ4n) is 3.19. The smallest absolute Gasteiger partial charge is 0.291 e. The number of hydrogen-bond acceptors (Lipinski definition) is 4. The largest absolute Gasteiger partial charge is 0.459 e. The third-order valence-corrected chi connectivity index (χ3v) is 5.05. The van der Waals surface area contributed by atoms with Gasteiger partial charge in [-0.2, -0.15) is 0 Å². The first-order valence-electron chi connectivity index (χ1n) is 10.4. The molecule has 1 aromatic heterocycles. The van der Waals surface area contributed by atoms with Crippen molar-refractivity contribution in [3.63, 3.8) is 0 Å². The SMILES string of the molecule is Cc1ccccc1C(=O)N[C@@H](C(=O)NCc1ccc(NC(=O)c2ccco2)cc1)C(C)C. The van der Waals surface area contributed by atoms with Crippen molar-refractivity contribution < 1.29 is 18.8 Å². The average molecular weight is 434 g/mol. The summed E-state index contributed by atoms with van der Waals surface area (Å²) in [5, 5.41) is 8.47. The molecule has 7 nitrogen and oxygen atoms in total. The highest BCUT2D eigenvalue weighted by Crippen LogP contribution is 2.13. The van der Waals surface area contributed by atoms with Crippen LogP contribution < -0.4 is 16.0 Å². The third kappa shape index (κ3) is 5.85. The predicted molar refractivity (Wildman–Crippen MR) is 122 cm³/mol. The molecule has 0 aliphatic carbocycles. The molecule has 0 unspecified atom stereocenters. The fourth-order valence-corrected chi connectivity index (χ4v) is 3.19. The van der Waals surface area contributed by atoms with Crippen LogP contribution in [0.3, 0.4) is 0 Å². The molecule has 2 aromatic carbocycles. The van der Waals surface area contributed by atoms with Gasteiger partial charge < -0.3 is 20.4 Å². The number of carbonyl (C=O) groups excluding carboxylic acids is 3. The van der Waals surface area contributed by atoms with E-state index in [2.05, 4.69) is 16.0 Å². The summed E-state index contributed by atoms with van der Waals surface area (Å²) >= 11 is 0. The van der Waals surface area contributed by atoms with Crippen molar-refractivity contribution in [2.45, 2.75) is 33.4 Å². The number of rotatable bonds is 8. The van der Waals surface area contributed by atoms with Gasteiger partial charge in [0.2, 0.25) is 5.91 Å². The van der Waals surface area contributed by atoms with Crippen LogP contribution in [-0.2, 0) is 11.3 Å². The average Bonchev–Trinajstić information content (AvgIpc) is 3.32. The second-order valence-corrected chi connectivity index (χ2v) is 7.86. The molecule has 3 rings (SSSR count). The molecule has 0 saturated heterocycles. The van der Waals surface area contributed by atoms with Gasteiger partial charge in [-0.05, 0) is 54.3 Å². The summed E-state index contributed by atoms with van der Waals surface area (Å²) in [5.74, 6) is -0.707. The number of amides is 3. The Labute approximate surface area is 187 Å². The van der Waals surface area contributed by atoms with E-state index in [9.17, 15) is 14.4 Å². The zero-order valence-electron chi connectivity index (χ0n) is 18.3. The van der Waals surface area contributed by atoms with Crippen LogP contribution in [0.4, 0.5) is 5.69 Å². The molecule has 32 heavy (non-hydrogen) atoms. The van der Waals surface area contributed by atoms with E-state index in [1.54, 1.807) is 36.4 Å². The quantitative estimate of drug-likeness (QED) is 0.501. The monoisotopic (exact) mass is 433 g/mol. The van der Waals surface area contributed by atoms with Crippen LogP contribution in [0.25, 0.3) is 0 Å². The molecule has 0 aliphatic rings. The second-order valence-electron chi connectivity index (χ2n) is 7.86. The molecule has 166 valence electrons. The zero-order chi connectivity index (χ0) is 23.1. The topological polar surface area (TPSA) is 100 Å². The van der Waals surface area contributed by atoms with Crippen LogP contribution in [-0.4, -0.2) is 23.8 Å². The molecule has 0 aliphatic heterocycles. The number of carbonyl (C=O) groups is 3. The van der Waals surface area contributed by atoms with Gasteiger partial charge in [-0.25, -0.2) is 0 Å². The lowest BCUT2D eigenvalue weighted by atomic mass is 10.0. The van der Waals surface area contributed by atoms with Gasteiger partial charge in [-0.3, -0.25) is 14.4 Å². The maximum Gasteiger partial charge on any atom is 0.291 e. The first-order chi connectivity index (χ1) is 15.3. The first kappa shape index (κ1) is 22.8. The van der Waals surface area contributed by atoms with Gasteiger partial charge in [0.05, 0.1) is 6.26 Å². The van der Waals surface area contributed by atoms with Crippen molar-refractivity contribution in [2.75, 3.05) is 5.32 Å². The Bertz CT molecular complexity index is 1070. The highest BCUT2D eigenvalue weighted by atomic mass is 16.3. The standard InChI is InChI=1S/C25H27N3O4/c1-16(2)22(28-23(29)20-8-5-4-7-17(20)3)25(31)26-15-18-10-12-19(13-11-18)27-24(30)21-9-6-14-32-21/h4-14,16,22H,15H2,1-3H3,(H,26,31)(H,27,30)(H,28,29)/t22-/m1/s1. The van der Waals surface area contributed by atoms with Crippen LogP contribution in [0.15, 0.2) is 71.3 Å². The van der Waals surface area contributed by atoms with E-state index >= 15 is 0 Å². The molecule has 0 fully saturated rings. The van der Waals surface area contributed by atoms with Gasteiger partial charge in [-0.1, -0.05) is 44.2 Å². The highest BCUT2D eigenvalue weighted by Gasteiger charge is 2.25. The summed E-state index contributed by atoms with van der Waals surface area (Å²) in [4.78, 5) is 37.4. The Hall–Kier alpha value is -3.87. The number of nitrogens with one attached hydrogen (secondary N) is 3. The van der Waals surface area contributed by atoms with Crippen LogP contribution in [0.1, 0.15) is 45.9 Å². The Morgan fingerprint density at radius 3 is 2.25 bits per heavy atom. The van der Waals surface area contributed by atoms with E-state index < -0.39 is 6.04 Å². The molecule has 0 bridgehead atoms. The van der Waals surface area contributed by atoms with Gasteiger partial charge in [0, 0.05) is 17.8 Å². The Morgan fingerprint density at radius 1 is 0.906 bits per heavy atom. The van der Waals surface area contributed by atoms with Crippen molar-refractivity contribution in [1.29, 1.82) is 0 Å². The number of aryl methyl sites for hydroxylation is 1. The maximum absolute atomic E-state index is 12.8. The molecular weight excluding hydrogens is 406 g/mol. The molecule has 0 saturated carbocycles. The number of furan rings is 1. The summed E-state index contributed by atoms with van der Waals surface area (Å²) in [5.41, 5.74) is 2.89. The Kier molecular flexibility index (Phi) is 7.44. The molecule has 3 N–H and O–H groups in total. The lowest BCUT2D eigenvalue weighted by molar-refractivity contribution is -0.124. The third-order valence-electron chi connectivity index (χ3n) is 5.05. The molecule has 0 radical (unpaired) electrons. The summed E-state index contributed by atoms with van der Waals surface area (Å²) in [6, 6.07) is 17.0. The van der Waals surface area contributed by atoms with E-state index in [1.807, 2.05) is 45.0 Å². The van der Waals surface area contributed by atoms with E-state index in [1.165, 1.54) is 6.26 Å². The van der Waals surface area contributed by atoms with Gasteiger partial charge in [0.25, 0.3) is 11.8 Å². The highest BCUT2D eigenvalue weighted by molar-refractivity contribution is 6.02. The minimum absolute atomic E-state index is 0.0813. The summed E-state index contributed by atoms with van der Waals surface area (Å²) in [7, 11) is 0. The number of anilines is 1. The minimum Gasteiger partial charge on any atom is -0.459 e. The van der Waals surface area contributed by atoms with Crippen LogP contribution in [0.2, 0.25) is 0 Å². The Morgan fingerprint density at radius 2 is 1.62 bits per heavy atom. The lowest BCUT2D eigenvalue weighted by Crippen LogP contribution is -2.49. The molecule has 1 atom stereocenters. The van der Waals surface area contributed by atoms with E-state index in [4.69, 9.17) is 4.42 Å². The van der Waals surface area contributed by atoms with Gasteiger partial charge in [-0.15, -0.1) is 0 Å². The molecule has 3 aromatic rings. The van der Waals surface area contributed by atoms with Crippen molar-refractivity contribution in [3.05, 3.63) is 89.4 Å². The maximum atomic E-state index is 12.8. The lowest BCUT2D eigenvalue weighted by Gasteiger charge is -2.22. The summed E-state index contributed by atoms with van der Waals surface area (Å²) < 4.78 is 5.07. The molecule has 7 heteroatoms. The van der Waals surface area contributed by atoms with Crippen LogP contribution in [0, 0.1) is 12.8 Å². The molecular formula is C25H27N3O4. The summed E-state index contributed by atoms with van der Waals surface area (Å²) in [6.45, 7) is 5.94. The zero-order valence-corrected chi connectivity index (χ0v) is 18.3. The van der Waals surface area contributed by atoms with Crippen molar-refractivity contribution in [1.82, 2.24) is 10.6 Å². The molecule has 0 spiro atoms. The first-order valence-corrected chi connectivity index (χ1v) is 10.4. The van der Waals surface area contributed by atoms with Crippen molar-refractivity contribution in [3.8, 4) is 0 Å². The van der Waals surface area contributed by atoms with Gasteiger partial charge in [0.1, 0.15) is 6.04 Å².